The van der Waals surface area contributed by atoms with Crippen molar-refractivity contribution in [3.63, 3.8) is 0 Å². The van der Waals surface area contributed by atoms with Crippen molar-refractivity contribution in [2.24, 2.45) is 0 Å². The van der Waals surface area contributed by atoms with Crippen LogP contribution in [0.5, 0.6) is 0 Å². The first kappa shape index (κ1) is 15.0. The number of para-hydroxylation sites is 2. The number of benzene rings is 2. The Kier molecular flexibility index (Phi) is 3.50. The molecular weight excluding hydrogens is 320 g/mol. The van der Waals surface area contributed by atoms with Gasteiger partial charge >= 0.3 is 6.16 Å². The molecule has 0 saturated heterocycles. The second-order valence-corrected chi connectivity index (χ2v) is 5.53. The Labute approximate surface area is 143 Å². The summed E-state index contributed by atoms with van der Waals surface area (Å²) in [4.78, 5) is 28.9. The van der Waals surface area contributed by atoms with Crippen LogP contribution in [0, 0.1) is 0 Å². The number of rotatable bonds is 2. The second-order valence-electron chi connectivity index (χ2n) is 5.53. The van der Waals surface area contributed by atoms with Gasteiger partial charge in [0.2, 0.25) is 0 Å². The van der Waals surface area contributed by atoms with E-state index in [1.807, 2.05) is 48.5 Å². The molecule has 4 rings (SSSR count). The smallest absolute Gasteiger partial charge is 0.436 e. The highest BCUT2D eigenvalue weighted by Gasteiger charge is 2.24. The van der Waals surface area contributed by atoms with E-state index in [4.69, 9.17) is 4.84 Å². The van der Waals surface area contributed by atoms with Crippen molar-refractivity contribution in [2.75, 3.05) is 12.4 Å². The molecule has 0 spiro atoms. The predicted molar refractivity (Wildman–Crippen MR) is 93.9 cm³/mol. The topological polar surface area (TPSA) is 69.6 Å². The van der Waals surface area contributed by atoms with E-state index in [-0.39, 0.29) is 5.91 Å². The van der Waals surface area contributed by atoms with Gasteiger partial charge in [0.25, 0.3) is 5.91 Å². The molecule has 0 unspecified atom stereocenters. The van der Waals surface area contributed by atoms with Gasteiger partial charge in [0.1, 0.15) is 0 Å². The summed E-state index contributed by atoms with van der Waals surface area (Å²) in [5.74, 6) is -0.160. The lowest BCUT2D eigenvalue weighted by Crippen LogP contribution is -2.18. The van der Waals surface area contributed by atoms with Gasteiger partial charge < -0.3 is 14.9 Å². The Morgan fingerprint density at radius 1 is 1.12 bits per heavy atom. The Balaban J connectivity index is 1.85. The lowest BCUT2D eigenvalue weighted by Gasteiger charge is -2.03. The number of nitrogens with zero attached hydrogens (tertiary/aromatic N) is 1. The number of methoxy groups -OCH3 is 1. The first-order valence-electron chi connectivity index (χ1n) is 7.66. The van der Waals surface area contributed by atoms with Crippen LogP contribution < -0.4 is 10.2 Å². The Hall–Kier alpha value is -3.54. The number of nitrogens with one attached hydrogen (secondary N) is 1. The maximum absolute atomic E-state index is 12.3. The molecule has 1 amide bonds. The van der Waals surface area contributed by atoms with Crippen LogP contribution in [0.15, 0.2) is 54.7 Å². The number of fused-ring (bicyclic) bond motifs is 2. The lowest BCUT2D eigenvalue weighted by atomic mass is 10.0. The van der Waals surface area contributed by atoms with Crippen molar-refractivity contribution >= 4 is 40.3 Å². The van der Waals surface area contributed by atoms with Gasteiger partial charge in [0, 0.05) is 27.8 Å². The number of carbonyl (C=O) groups excluding carboxylic acids is 2. The predicted octanol–water partition coefficient (Wildman–Crippen LogP) is 3.33. The summed E-state index contributed by atoms with van der Waals surface area (Å²) in [5.41, 5.74) is 3.66. The minimum atomic E-state index is -0.816. The molecule has 0 saturated carbocycles. The average molecular weight is 334 g/mol. The van der Waals surface area contributed by atoms with Crippen LogP contribution >= 0.6 is 0 Å². The molecule has 1 aliphatic rings. The van der Waals surface area contributed by atoms with Crippen molar-refractivity contribution in [1.29, 1.82) is 0 Å². The van der Waals surface area contributed by atoms with Gasteiger partial charge in [-0.25, -0.2) is 4.79 Å². The third-order valence-electron chi connectivity index (χ3n) is 4.06. The summed E-state index contributed by atoms with van der Waals surface area (Å²) in [5, 5.41) is 3.70. The zero-order valence-electron chi connectivity index (χ0n) is 13.4. The Bertz CT molecular complexity index is 1030. The molecule has 0 radical (unpaired) electrons. The van der Waals surface area contributed by atoms with Gasteiger partial charge in [0.15, 0.2) is 0 Å². The van der Waals surface area contributed by atoms with Crippen molar-refractivity contribution < 1.29 is 19.2 Å². The van der Waals surface area contributed by atoms with Gasteiger partial charge in [-0.1, -0.05) is 36.4 Å². The van der Waals surface area contributed by atoms with Crippen molar-refractivity contribution in [3.05, 3.63) is 65.9 Å². The average Bonchev–Trinajstić information content (AvgIpc) is 3.14. The van der Waals surface area contributed by atoms with E-state index in [0.717, 1.165) is 22.2 Å². The molecule has 2 aromatic carbocycles. The molecule has 1 N–H and O–H groups in total. The van der Waals surface area contributed by atoms with E-state index in [1.54, 1.807) is 12.3 Å². The standard InChI is InChI=1S/C19H14N2O4/c1-24-19(23)25-21-11-12(13-6-3-5-9-17(13)21)10-15-14-7-2-4-8-16(14)20-18(15)22/h2-11H,1H3,(H,20,22). The van der Waals surface area contributed by atoms with Gasteiger partial charge in [-0.3, -0.25) is 4.79 Å². The van der Waals surface area contributed by atoms with Crippen molar-refractivity contribution in [1.82, 2.24) is 4.73 Å². The largest absolute Gasteiger partial charge is 0.533 e. The molecule has 6 nitrogen and oxygen atoms in total. The third-order valence-corrected chi connectivity index (χ3v) is 4.06. The number of carbonyl (C=O) groups is 2. The monoisotopic (exact) mass is 334 g/mol. The van der Waals surface area contributed by atoms with Crippen LogP contribution in [0.3, 0.4) is 0 Å². The Morgan fingerprint density at radius 2 is 1.88 bits per heavy atom. The highest BCUT2D eigenvalue weighted by Crippen LogP contribution is 2.34. The lowest BCUT2D eigenvalue weighted by molar-refractivity contribution is -0.110. The molecule has 0 atom stereocenters. The maximum atomic E-state index is 12.3. The van der Waals surface area contributed by atoms with Crippen LogP contribution in [0.1, 0.15) is 11.1 Å². The molecule has 6 heteroatoms. The molecule has 0 fully saturated rings. The zero-order chi connectivity index (χ0) is 17.4. The molecule has 0 bridgehead atoms. The number of hydrogen-bond donors (Lipinski definition) is 1. The fourth-order valence-corrected chi connectivity index (χ4v) is 2.92. The van der Waals surface area contributed by atoms with E-state index in [9.17, 15) is 9.59 Å². The van der Waals surface area contributed by atoms with Crippen LogP contribution in [0.4, 0.5) is 10.5 Å². The van der Waals surface area contributed by atoms with Crippen LogP contribution in [0.25, 0.3) is 22.6 Å². The van der Waals surface area contributed by atoms with E-state index >= 15 is 0 Å². The summed E-state index contributed by atoms with van der Waals surface area (Å²) in [6.07, 6.45) is 2.63. The minimum Gasteiger partial charge on any atom is -0.436 e. The summed E-state index contributed by atoms with van der Waals surface area (Å²) in [6, 6.07) is 15.0. The molecule has 1 aliphatic heterocycles. The maximum Gasteiger partial charge on any atom is 0.533 e. The first-order valence-corrected chi connectivity index (χ1v) is 7.66. The van der Waals surface area contributed by atoms with E-state index in [1.165, 1.54) is 11.8 Å². The molecule has 0 aliphatic carbocycles. The van der Waals surface area contributed by atoms with Crippen LogP contribution in [0.2, 0.25) is 0 Å². The molecule has 25 heavy (non-hydrogen) atoms. The Morgan fingerprint density at radius 3 is 2.72 bits per heavy atom. The van der Waals surface area contributed by atoms with Gasteiger partial charge in [-0.15, -0.1) is 0 Å². The van der Waals surface area contributed by atoms with Gasteiger partial charge in [0.05, 0.1) is 18.8 Å². The van der Waals surface area contributed by atoms with E-state index in [2.05, 4.69) is 10.1 Å². The number of hydrogen-bond acceptors (Lipinski definition) is 4. The highest BCUT2D eigenvalue weighted by molar-refractivity contribution is 6.35. The second kappa shape index (κ2) is 5.83. The van der Waals surface area contributed by atoms with Crippen LogP contribution in [-0.2, 0) is 9.53 Å². The molecule has 2 heterocycles. The number of anilines is 1. The molecule has 1 aromatic heterocycles. The third kappa shape index (κ3) is 2.53. The van der Waals surface area contributed by atoms with Gasteiger partial charge in [-0.2, -0.15) is 4.73 Å². The fourth-order valence-electron chi connectivity index (χ4n) is 2.92. The summed E-state index contributed by atoms with van der Waals surface area (Å²) >= 11 is 0. The SMILES string of the molecule is COC(=O)On1cc(C=C2C(=O)Nc3ccccc32)c2ccccc21. The summed E-state index contributed by atoms with van der Waals surface area (Å²) in [7, 11) is 1.25. The summed E-state index contributed by atoms with van der Waals surface area (Å²) < 4.78 is 5.89. The quantitative estimate of drug-likeness (QED) is 0.576. The normalized spacial score (nSPS) is 14.4. The molecule has 124 valence electrons. The summed E-state index contributed by atoms with van der Waals surface area (Å²) in [6.45, 7) is 0. The van der Waals surface area contributed by atoms with Gasteiger partial charge in [-0.05, 0) is 18.2 Å². The van der Waals surface area contributed by atoms with E-state index in [0.29, 0.717) is 11.1 Å². The number of amides is 1. The van der Waals surface area contributed by atoms with Crippen LogP contribution in [-0.4, -0.2) is 23.9 Å². The highest BCUT2D eigenvalue weighted by atomic mass is 16.8. The molecular formula is C19H14N2O4. The first-order chi connectivity index (χ1) is 12.2. The molecule has 3 aromatic rings. The van der Waals surface area contributed by atoms with Crippen molar-refractivity contribution in [3.8, 4) is 0 Å². The van der Waals surface area contributed by atoms with Crippen molar-refractivity contribution in [2.45, 2.75) is 0 Å². The minimum absolute atomic E-state index is 0.160. The number of aromatic nitrogens is 1. The number of ether oxygens (including phenoxy) is 1. The zero-order valence-corrected chi connectivity index (χ0v) is 13.4. The fraction of sp³-hybridized carbons (Fsp3) is 0.0526. The van der Waals surface area contributed by atoms with E-state index < -0.39 is 6.16 Å².